The van der Waals surface area contributed by atoms with Crippen molar-refractivity contribution in [2.75, 3.05) is 5.32 Å². The second kappa shape index (κ2) is 6.79. The summed E-state index contributed by atoms with van der Waals surface area (Å²) in [5, 5.41) is 3.09. The second-order valence-corrected chi connectivity index (χ2v) is 11.3. The van der Waals surface area contributed by atoms with Crippen LogP contribution in [0.5, 0.6) is 0 Å². The van der Waals surface area contributed by atoms with Crippen LogP contribution in [-0.4, -0.2) is 20.2 Å². The molecule has 6 rings (SSSR count). The minimum Gasteiger partial charge on any atom is -0.326 e. The summed E-state index contributed by atoms with van der Waals surface area (Å²) in [6.07, 6.45) is 8.00. The van der Waals surface area contributed by atoms with E-state index < -0.39 is 0 Å². The first kappa shape index (κ1) is 19.0. The summed E-state index contributed by atoms with van der Waals surface area (Å²) in [5.74, 6) is 2.16. The van der Waals surface area contributed by atoms with Crippen molar-refractivity contribution in [2.45, 2.75) is 56.2 Å². The van der Waals surface area contributed by atoms with Crippen LogP contribution >= 0.6 is 15.9 Å². The average molecular weight is 456 g/mol. The van der Waals surface area contributed by atoms with Gasteiger partial charge >= 0.3 is 0 Å². The van der Waals surface area contributed by atoms with Crippen LogP contribution in [0, 0.1) is 24.2 Å². The third-order valence-electron chi connectivity index (χ3n) is 6.94. The maximum atomic E-state index is 13.0. The van der Waals surface area contributed by atoms with Crippen LogP contribution in [0.4, 0.5) is 5.69 Å². The van der Waals surface area contributed by atoms with E-state index in [4.69, 9.17) is 0 Å². The van der Waals surface area contributed by atoms with Gasteiger partial charge in [-0.1, -0.05) is 28.1 Å². The zero-order chi connectivity index (χ0) is 20.2. The number of carbonyl (C=O) groups excluding carboxylic acids is 1. The number of amides is 1. The number of alkyl halides is 1. The lowest BCUT2D eigenvalue weighted by molar-refractivity contribution is -0.123. The number of anilines is 1. The van der Waals surface area contributed by atoms with Gasteiger partial charge in [-0.05, 0) is 74.8 Å². The fourth-order valence-electron chi connectivity index (χ4n) is 6.55. The van der Waals surface area contributed by atoms with Gasteiger partial charge in [0.25, 0.3) is 5.56 Å². The Morgan fingerprint density at radius 3 is 2.69 bits per heavy atom. The highest BCUT2D eigenvalue weighted by molar-refractivity contribution is 9.10. The van der Waals surface area contributed by atoms with E-state index in [-0.39, 0.29) is 21.2 Å². The van der Waals surface area contributed by atoms with Gasteiger partial charge in [0.1, 0.15) is 5.82 Å². The maximum Gasteiger partial charge on any atom is 0.251 e. The predicted molar refractivity (Wildman–Crippen MR) is 117 cm³/mol. The molecule has 4 aliphatic carbocycles. The molecule has 0 aliphatic heterocycles. The lowest BCUT2D eigenvalue weighted by Gasteiger charge is -2.60. The molecule has 2 unspecified atom stereocenters. The average Bonchev–Trinajstić information content (AvgIpc) is 2.58. The van der Waals surface area contributed by atoms with Crippen LogP contribution in [0.3, 0.4) is 0 Å². The molecule has 2 aromatic rings. The molecule has 152 valence electrons. The molecule has 4 bridgehead atoms. The molecular weight excluding hydrogens is 430 g/mol. The van der Waals surface area contributed by atoms with E-state index in [1.54, 1.807) is 6.92 Å². The molecule has 29 heavy (non-hydrogen) atoms. The number of nitrogens with one attached hydrogen (secondary N) is 2. The minimum atomic E-state index is -0.174. The quantitative estimate of drug-likeness (QED) is 0.649. The number of hydrogen-bond donors (Lipinski definition) is 2. The third-order valence-corrected chi connectivity index (χ3v) is 7.86. The highest BCUT2D eigenvalue weighted by atomic mass is 79.9. The van der Waals surface area contributed by atoms with Gasteiger partial charge in [-0.25, -0.2) is 4.98 Å². The van der Waals surface area contributed by atoms with Crippen molar-refractivity contribution in [1.82, 2.24) is 9.97 Å². The molecule has 5 nitrogen and oxygen atoms in total. The molecule has 4 aliphatic rings. The minimum absolute atomic E-state index is 0.0888. The first-order chi connectivity index (χ1) is 13.8. The molecule has 1 aromatic heterocycles. The molecular formula is C23H26BrN3O2. The van der Waals surface area contributed by atoms with Crippen molar-refractivity contribution in [3.63, 3.8) is 0 Å². The Morgan fingerprint density at radius 2 is 2.00 bits per heavy atom. The molecule has 1 amide bonds. The van der Waals surface area contributed by atoms with E-state index >= 15 is 0 Å². The van der Waals surface area contributed by atoms with Crippen LogP contribution < -0.4 is 10.9 Å². The van der Waals surface area contributed by atoms with Crippen LogP contribution in [-0.2, 0) is 4.79 Å². The molecule has 6 heteroatoms. The van der Waals surface area contributed by atoms with Gasteiger partial charge in [-0.15, -0.1) is 0 Å². The molecule has 0 radical (unpaired) electrons. The third kappa shape index (κ3) is 3.79. The Morgan fingerprint density at radius 1 is 1.24 bits per heavy atom. The van der Waals surface area contributed by atoms with E-state index in [1.165, 1.54) is 38.2 Å². The predicted octanol–water partition coefficient (Wildman–Crippen LogP) is 4.81. The van der Waals surface area contributed by atoms with Crippen molar-refractivity contribution < 1.29 is 4.79 Å². The first-order valence-corrected chi connectivity index (χ1v) is 11.3. The first-order valence-electron chi connectivity index (χ1n) is 10.5. The van der Waals surface area contributed by atoms with Crippen molar-refractivity contribution in [3.05, 3.63) is 46.4 Å². The summed E-state index contributed by atoms with van der Waals surface area (Å²) in [4.78, 5) is 31.9. The molecule has 0 spiro atoms. The normalized spacial score (nSPS) is 32.3. The molecule has 1 aromatic carbocycles. The Labute approximate surface area is 178 Å². The molecule has 1 heterocycles. The van der Waals surface area contributed by atoms with Crippen molar-refractivity contribution >= 4 is 27.5 Å². The summed E-state index contributed by atoms with van der Waals surface area (Å²) in [6, 6.07) is 9.01. The molecule has 2 N–H and O–H groups in total. The molecule has 4 fully saturated rings. The number of benzene rings is 1. The van der Waals surface area contributed by atoms with Crippen LogP contribution in [0.25, 0.3) is 11.4 Å². The topological polar surface area (TPSA) is 74.8 Å². The van der Waals surface area contributed by atoms with E-state index in [0.29, 0.717) is 17.9 Å². The van der Waals surface area contributed by atoms with Gasteiger partial charge in [0.2, 0.25) is 5.91 Å². The van der Waals surface area contributed by atoms with Crippen LogP contribution in [0.15, 0.2) is 35.1 Å². The number of aromatic amines is 1. The number of hydrogen-bond acceptors (Lipinski definition) is 3. The van der Waals surface area contributed by atoms with Gasteiger partial charge in [0.05, 0.1) is 0 Å². The maximum absolute atomic E-state index is 13.0. The van der Waals surface area contributed by atoms with E-state index in [9.17, 15) is 9.59 Å². The largest absolute Gasteiger partial charge is 0.326 e. The van der Waals surface area contributed by atoms with Crippen LogP contribution in [0.1, 0.15) is 50.6 Å². The monoisotopic (exact) mass is 455 g/mol. The zero-order valence-electron chi connectivity index (χ0n) is 16.6. The van der Waals surface area contributed by atoms with Gasteiger partial charge in [0.15, 0.2) is 0 Å². The number of H-pyrrole nitrogens is 1. The zero-order valence-corrected chi connectivity index (χ0v) is 18.2. The number of halogens is 1. The van der Waals surface area contributed by atoms with E-state index in [0.717, 1.165) is 29.5 Å². The fraction of sp³-hybridized carbons (Fsp3) is 0.522. The lowest BCUT2D eigenvalue weighted by Crippen LogP contribution is -2.53. The molecule has 4 saturated carbocycles. The van der Waals surface area contributed by atoms with Gasteiger partial charge in [-0.3, -0.25) is 9.59 Å². The summed E-state index contributed by atoms with van der Waals surface area (Å²) in [7, 11) is 0. The Balaban J connectivity index is 1.32. The van der Waals surface area contributed by atoms with Crippen molar-refractivity contribution in [2.24, 2.45) is 17.3 Å². The van der Waals surface area contributed by atoms with Crippen molar-refractivity contribution in [3.8, 4) is 11.4 Å². The molecule has 0 saturated heterocycles. The highest BCUT2D eigenvalue weighted by Gasteiger charge is 2.57. The SMILES string of the molecule is Cc1cc(=O)[nH]c(-c2cccc(NC(=O)CC34CC5CC(CC(Br)(C5)C3)C4)c2)n1. The van der Waals surface area contributed by atoms with E-state index in [1.807, 2.05) is 24.3 Å². The van der Waals surface area contributed by atoms with Gasteiger partial charge < -0.3 is 10.3 Å². The molecule has 2 atom stereocenters. The Kier molecular flexibility index (Phi) is 4.46. The standard InChI is InChI=1S/C23H26BrN3O2/c1-14-5-19(28)27-21(25-14)17-3-2-4-18(7-17)26-20(29)12-22-8-15-6-16(9-22)11-23(24,10-15)13-22/h2-5,7,15-16H,6,8-13H2,1H3,(H,26,29)(H,25,27,28). The number of carbonyl (C=O) groups is 1. The summed E-state index contributed by atoms with van der Waals surface area (Å²) >= 11 is 4.03. The highest BCUT2D eigenvalue weighted by Crippen LogP contribution is 2.65. The number of nitrogens with zero attached hydrogens (tertiary/aromatic N) is 1. The van der Waals surface area contributed by atoms with Gasteiger partial charge in [0, 0.05) is 33.8 Å². The fourth-order valence-corrected chi connectivity index (χ4v) is 8.06. The summed E-state index contributed by atoms with van der Waals surface area (Å²) in [6.45, 7) is 1.80. The Bertz CT molecular complexity index is 1020. The van der Waals surface area contributed by atoms with Gasteiger partial charge in [-0.2, -0.15) is 0 Å². The lowest BCUT2D eigenvalue weighted by atomic mass is 9.48. The second-order valence-electron chi connectivity index (χ2n) is 9.65. The summed E-state index contributed by atoms with van der Waals surface area (Å²) < 4.78 is 0.264. The number of aryl methyl sites for hydroxylation is 1. The summed E-state index contributed by atoms with van der Waals surface area (Å²) in [5.41, 5.74) is 2.18. The smallest absolute Gasteiger partial charge is 0.251 e. The number of aromatic nitrogens is 2. The van der Waals surface area contributed by atoms with Crippen LogP contribution in [0.2, 0.25) is 0 Å². The number of rotatable bonds is 4. The van der Waals surface area contributed by atoms with Crippen molar-refractivity contribution in [1.29, 1.82) is 0 Å². The van der Waals surface area contributed by atoms with E-state index in [2.05, 4.69) is 31.2 Å². The Hall–Kier alpha value is -1.95.